The maximum absolute atomic E-state index is 11.0. The molecule has 0 unspecified atom stereocenters. The molecule has 2 aromatic rings. The third kappa shape index (κ3) is 1.45. The molecule has 78 valence electrons. The first-order valence-electron chi connectivity index (χ1n) is 4.53. The van der Waals surface area contributed by atoms with Gasteiger partial charge in [0.1, 0.15) is 5.69 Å². The minimum atomic E-state index is -0.921. The number of aromatic carboxylic acids is 1. The van der Waals surface area contributed by atoms with Gasteiger partial charge in [-0.05, 0) is 47.0 Å². The van der Waals surface area contributed by atoms with Gasteiger partial charge in [0, 0.05) is 9.86 Å². The normalized spacial score (nSPS) is 10.9. The Morgan fingerprint density at radius 2 is 2.07 bits per heavy atom. The molecular formula is C11H10BrNO2. The molecule has 0 saturated carbocycles. The molecule has 0 atom stereocenters. The number of fused-ring (bicyclic) bond motifs is 1. The van der Waals surface area contributed by atoms with Crippen molar-refractivity contribution in [1.29, 1.82) is 0 Å². The van der Waals surface area contributed by atoms with Crippen molar-refractivity contribution >= 4 is 32.8 Å². The fourth-order valence-corrected chi connectivity index (χ4v) is 2.27. The quantitative estimate of drug-likeness (QED) is 0.834. The number of benzene rings is 1. The van der Waals surface area contributed by atoms with Gasteiger partial charge < -0.3 is 10.1 Å². The lowest BCUT2D eigenvalue weighted by atomic mass is 10.1. The van der Waals surface area contributed by atoms with Crippen LogP contribution in [0.3, 0.4) is 0 Å². The van der Waals surface area contributed by atoms with Crippen molar-refractivity contribution in [3.05, 3.63) is 33.4 Å². The predicted molar refractivity (Wildman–Crippen MR) is 62.4 cm³/mol. The topological polar surface area (TPSA) is 53.1 Å². The first-order valence-corrected chi connectivity index (χ1v) is 5.32. The van der Waals surface area contributed by atoms with E-state index in [1.165, 1.54) is 0 Å². The number of nitrogens with one attached hydrogen (secondary N) is 1. The second-order valence-electron chi connectivity index (χ2n) is 3.54. The molecule has 2 rings (SSSR count). The van der Waals surface area contributed by atoms with Crippen LogP contribution in [-0.4, -0.2) is 16.1 Å². The molecule has 15 heavy (non-hydrogen) atoms. The van der Waals surface area contributed by atoms with E-state index in [1.54, 1.807) is 0 Å². The van der Waals surface area contributed by atoms with Crippen molar-refractivity contribution in [2.75, 3.05) is 0 Å². The van der Waals surface area contributed by atoms with Crippen molar-refractivity contribution in [1.82, 2.24) is 4.98 Å². The molecule has 2 N–H and O–H groups in total. The number of aromatic amines is 1. The highest BCUT2D eigenvalue weighted by Crippen LogP contribution is 2.30. The second-order valence-corrected chi connectivity index (χ2v) is 4.40. The van der Waals surface area contributed by atoms with Gasteiger partial charge in [-0.2, -0.15) is 0 Å². The molecule has 1 aromatic heterocycles. The zero-order valence-electron chi connectivity index (χ0n) is 8.39. The van der Waals surface area contributed by atoms with Crippen molar-refractivity contribution in [2.24, 2.45) is 0 Å². The number of rotatable bonds is 1. The minimum absolute atomic E-state index is 0.264. The van der Waals surface area contributed by atoms with Gasteiger partial charge in [-0.25, -0.2) is 4.79 Å². The number of aryl methyl sites for hydroxylation is 2. The maximum Gasteiger partial charge on any atom is 0.352 e. The average Bonchev–Trinajstić information content (AvgIpc) is 2.51. The second kappa shape index (κ2) is 3.38. The smallest absolute Gasteiger partial charge is 0.352 e. The van der Waals surface area contributed by atoms with Crippen LogP contribution in [0.1, 0.15) is 21.6 Å². The van der Waals surface area contributed by atoms with Crippen molar-refractivity contribution in [2.45, 2.75) is 13.8 Å². The van der Waals surface area contributed by atoms with Gasteiger partial charge >= 0.3 is 5.97 Å². The van der Waals surface area contributed by atoms with E-state index >= 15 is 0 Å². The Kier molecular flexibility index (Phi) is 2.31. The van der Waals surface area contributed by atoms with E-state index < -0.39 is 5.97 Å². The van der Waals surface area contributed by atoms with Gasteiger partial charge in [0.2, 0.25) is 0 Å². The number of halogens is 1. The molecule has 0 spiro atoms. The molecule has 0 aliphatic rings. The van der Waals surface area contributed by atoms with Crippen LogP contribution < -0.4 is 0 Å². The SMILES string of the molecule is Cc1ccc(Br)c2[nH]c(C(=O)O)c(C)c12. The summed E-state index contributed by atoms with van der Waals surface area (Å²) in [6, 6.07) is 3.89. The van der Waals surface area contributed by atoms with E-state index in [1.807, 2.05) is 26.0 Å². The summed E-state index contributed by atoms with van der Waals surface area (Å²) in [6.45, 7) is 3.79. The van der Waals surface area contributed by atoms with Gasteiger partial charge in [0.25, 0.3) is 0 Å². The lowest BCUT2D eigenvalue weighted by Gasteiger charge is -1.99. The van der Waals surface area contributed by atoms with Crippen LogP contribution >= 0.6 is 15.9 Å². The van der Waals surface area contributed by atoms with Crippen LogP contribution in [0.5, 0.6) is 0 Å². The van der Waals surface area contributed by atoms with Crippen molar-refractivity contribution in [3.8, 4) is 0 Å². The third-order valence-corrected chi connectivity index (χ3v) is 3.24. The standard InChI is InChI=1S/C11H10BrNO2/c1-5-3-4-7(12)10-8(5)6(2)9(13-10)11(14)15/h3-4,13H,1-2H3,(H,14,15). The van der Waals surface area contributed by atoms with E-state index in [-0.39, 0.29) is 5.69 Å². The Labute approximate surface area is 95.2 Å². The Bertz CT molecular complexity index is 557. The fraction of sp³-hybridized carbons (Fsp3) is 0.182. The number of hydrogen-bond donors (Lipinski definition) is 2. The van der Waals surface area contributed by atoms with Gasteiger partial charge in [-0.1, -0.05) is 6.07 Å². The molecule has 0 saturated heterocycles. The lowest BCUT2D eigenvalue weighted by Crippen LogP contribution is -1.98. The third-order valence-electron chi connectivity index (χ3n) is 2.58. The molecule has 0 amide bonds. The summed E-state index contributed by atoms with van der Waals surface area (Å²) >= 11 is 3.40. The number of carbonyl (C=O) groups is 1. The highest BCUT2D eigenvalue weighted by molar-refractivity contribution is 9.10. The first kappa shape index (κ1) is 10.2. The minimum Gasteiger partial charge on any atom is -0.477 e. The Hall–Kier alpha value is -1.29. The zero-order chi connectivity index (χ0) is 11.2. The van der Waals surface area contributed by atoms with Crippen molar-refractivity contribution < 1.29 is 9.90 Å². The highest BCUT2D eigenvalue weighted by Gasteiger charge is 2.16. The van der Waals surface area contributed by atoms with Crippen LogP contribution in [0.15, 0.2) is 16.6 Å². The summed E-state index contributed by atoms with van der Waals surface area (Å²) in [4.78, 5) is 13.9. The number of hydrogen-bond acceptors (Lipinski definition) is 1. The average molecular weight is 268 g/mol. The molecular weight excluding hydrogens is 258 g/mol. The van der Waals surface area contributed by atoms with E-state index in [0.29, 0.717) is 0 Å². The number of carboxylic acids is 1. The Balaban J connectivity index is 2.93. The van der Waals surface area contributed by atoms with E-state index in [9.17, 15) is 4.79 Å². The molecule has 0 aliphatic carbocycles. The molecule has 1 aromatic carbocycles. The van der Waals surface area contributed by atoms with Crippen LogP contribution in [0.2, 0.25) is 0 Å². The van der Waals surface area contributed by atoms with Gasteiger partial charge in [-0.3, -0.25) is 0 Å². The van der Waals surface area contributed by atoms with E-state index in [2.05, 4.69) is 20.9 Å². The largest absolute Gasteiger partial charge is 0.477 e. The summed E-state index contributed by atoms with van der Waals surface area (Å²) in [5, 5.41) is 9.99. The van der Waals surface area contributed by atoms with Gasteiger partial charge in [0.15, 0.2) is 0 Å². The number of aromatic nitrogens is 1. The van der Waals surface area contributed by atoms with Crippen LogP contribution in [0.25, 0.3) is 10.9 Å². The zero-order valence-corrected chi connectivity index (χ0v) is 9.97. The summed E-state index contributed by atoms with van der Waals surface area (Å²) in [5.74, 6) is -0.921. The molecule has 4 heteroatoms. The van der Waals surface area contributed by atoms with E-state index in [0.717, 1.165) is 26.5 Å². The summed E-state index contributed by atoms with van der Waals surface area (Å²) < 4.78 is 0.888. The highest BCUT2D eigenvalue weighted by atomic mass is 79.9. The molecule has 0 bridgehead atoms. The maximum atomic E-state index is 11.0. The molecule has 3 nitrogen and oxygen atoms in total. The van der Waals surface area contributed by atoms with Crippen LogP contribution in [0, 0.1) is 13.8 Å². The first-order chi connectivity index (χ1) is 7.02. The summed E-state index contributed by atoms with van der Waals surface area (Å²) in [5.41, 5.74) is 2.98. The number of carboxylic acid groups (broad SMARTS) is 1. The Morgan fingerprint density at radius 3 is 2.60 bits per heavy atom. The predicted octanol–water partition coefficient (Wildman–Crippen LogP) is 3.25. The summed E-state index contributed by atoms with van der Waals surface area (Å²) in [6.07, 6.45) is 0. The Morgan fingerprint density at radius 1 is 1.40 bits per heavy atom. The molecule has 0 radical (unpaired) electrons. The van der Waals surface area contributed by atoms with Gasteiger partial charge in [0.05, 0.1) is 5.52 Å². The molecule has 0 aliphatic heterocycles. The molecule has 0 fully saturated rings. The lowest BCUT2D eigenvalue weighted by molar-refractivity contribution is 0.0691. The monoisotopic (exact) mass is 267 g/mol. The van der Waals surface area contributed by atoms with E-state index in [4.69, 9.17) is 5.11 Å². The molecule has 1 heterocycles. The summed E-state index contributed by atoms with van der Waals surface area (Å²) in [7, 11) is 0. The van der Waals surface area contributed by atoms with Crippen molar-refractivity contribution in [3.63, 3.8) is 0 Å². The van der Waals surface area contributed by atoms with Crippen LogP contribution in [0.4, 0.5) is 0 Å². The number of H-pyrrole nitrogens is 1. The van der Waals surface area contributed by atoms with Crippen LogP contribution in [-0.2, 0) is 0 Å². The van der Waals surface area contributed by atoms with Gasteiger partial charge in [-0.15, -0.1) is 0 Å². The fourth-order valence-electron chi connectivity index (χ4n) is 1.84.